The van der Waals surface area contributed by atoms with Crippen molar-refractivity contribution >= 4 is 5.78 Å². The molecule has 0 atom stereocenters. The third-order valence-electron chi connectivity index (χ3n) is 1.97. The number of nitrogens with zero attached hydrogens (tertiary/aromatic N) is 1. The van der Waals surface area contributed by atoms with Gasteiger partial charge in [0.2, 0.25) is 0 Å². The van der Waals surface area contributed by atoms with Crippen molar-refractivity contribution in [3.8, 4) is 5.75 Å². The lowest BCUT2D eigenvalue weighted by molar-refractivity contribution is 0.0970. The van der Waals surface area contributed by atoms with Crippen LogP contribution in [0.1, 0.15) is 37.0 Å². The second-order valence-corrected chi connectivity index (χ2v) is 3.83. The highest BCUT2D eigenvalue weighted by atomic mass is 16.5. The normalized spacial score (nSPS) is 10.5. The van der Waals surface area contributed by atoms with Gasteiger partial charge in [0.15, 0.2) is 5.78 Å². The molecule has 16 heavy (non-hydrogen) atoms. The van der Waals surface area contributed by atoms with Gasteiger partial charge in [-0.05, 0) is 26.3 Å². The second-order valence-electron chi connectivity index (χ2n) is 3.83. The Labute approximate surface area is 95.3 Å². The van der Waals surface area contributed by atoms with Gasteiger partial charge in [-0.2, -0.15) is 0 Å². The summed E-state index contributed by atoms with van der Waals surface area (Å²) in [7, 11) is 0. The van der Waals surface area contributed by atoms with E-state index in [1.165, 1.54) is 6.20 Å². The van der Waals surface area contributed by atoms with Crippen LogP contribution in [-0.2, 0) is 0 Å². The van der Waals surface area contributed by atoms with Crippen LogP contribution in [0.2, 0.25) is 0 Å². The van der Waals surface area contributed by atoms with Crippen molar-refractivity contribution in [2.75, 3.05) is 6.61 Å². The number of ether oxygens (including phenoxy) is 1. The Bertz CT molecular complexity index is 350. The lowest BCUT2D eigenvalue weighted by Gasteiger charge is -2.09. The third-order valence-corrected chi connectivity index (χ3v) is 1.97. The SMILES string of the molecule is CC(C)Oc1cncc(C(=O)CCCO)c1. The first-order chi connectivity index (χ1) is 7.63. The standard InChI is InChI=1S/C12H17NO3/c1-9(2)16-11-6-10(7-13-8-11)12(15)4-3-5-14/h6-9,14H,3-5H2,1-2H3. The van der Waals surface area contributed by atoms with Crippen molar-refractivity contribution in [1.29, 1.82) is 0 Å². The number of carbonyl (C=O) groups excluding carboxylic acids is 1. The Morgan fingerprint density at radius 3 is 2.88 bits per heavy atom. The van der Waals surface area contributed by atoms with E-state index in [4.69, 9.17) is 9.84 Å². The number of hydrogen-bond donors (Lipinski definition) is 1. The van der Waals surface area contributed by atoms with Crippen molar-refractivity contribution < 1.29 is 14.6 Å². The van der Waals surface area contributed by atoms with E-state index in [2.05, 4.69) is 4.98 Å². The molecule has 4 nitrogen and oxygen atoms in total. The highest BCUT2D eigenvalue weighted by Crippen LogP contribution is 2.14. The second kappa shape index (κ2) is 6.23. The number of pyridine rings is 1. The summed E-state index contributed by atoms with van der Waals surface area (Å²) in [4.78, 5) is 15.6. The average Bonchev–Trinajstić information content (AvgIpc) is 2.25. The number of aliphatic hydroxyl groups is 1. The number of ketones is 1. The Kier molecular flexibility index (Phi) is 4.92. The first kappa shape index (κ1) is 12.6. The summed E-state index contributed by atoms with van der Waals surface area (Å²) in [6, 6.07) is 1.69. The molecule has 1 aromatic rings. The van der Waals surface area contributed by atoms with Crippen LogP contribution < -0.4 is 4.74 Å². The minimum absolute atomic E-state index is 0.0178. The average molecular weight is 223 g/mol. The van der Waals surface area contributed by atoms with Gasteiger partial charge in [-0.15, -0.1) is 0 Å². The summed E-state index contributed by atoms with van der Waals surface area (Å²) in [6.45, 7) is 3.86. The molecule has 0 unspecified atom stereocenters. The summed E-state index contributed by atoms with van der Waals surface area (Å²) in [5, 5.41) is 8.64. The number of carbonyl (C=O) groups is 1. The van der Waals surface area contributed by atoms with Crippen LogP contribution in [0.3, 0.4) is 0 Å². The smallest absolute Gasteiger partial charge is 0.164 e. The molecule has 1 rings (SSSR count). The Morgan fingerprint density at radius 1 is 1.50 bits per heavy atom. The van der Waals surface area contributed by atoms with Gasteiger partial charge in [0, 0.05) is 24.8 Å². The number of hydrogen-bond acceptors (Lipinski definition) is 4. The molecule has 0 aliphatic carbocycles. The van der Waals surface area contributed by atoms with Crippen LogP contribution in [0.5, 0.6) is 5.75 Å². The number of Topliss-reactive ketones (excluding diaryl/α,β-unsaturated/α-hetero) is 1. The topological polar surface area (TPSA) is 59.4 Å². The fourth-order valence-electron chi connectivity index (χ4n) is 1.29. The molecule has 0 spiro atoms. The maximum absolute atomic E-state index is 11.6. The molecule has 0 amide bonds. The van der Waals surface area contributed by atoms with E-state index in [-0.39, 0.29) is 18.5 Å². The maximum Gasteiger partial charge on any atom is 0.164 e. The van der Waals surface area contributed by atoms with Crippen LogP contribution in [0.25, 0.3) is 0 Å². The largest absolute Gasteiger partial charge is 0.489 e. The quantitative estimate of drug-likeness (QED) is 0.747. The molecule has 88 valence electrons. The van der Waals surface area contributed by atoms with Gasteiger partial charge < -0.3 is 9.84 Å². The molecule has 0 radical (unpaired) electrons. The lowest BCUT2D eigenvalue weighted by atomic mass is 10.1. The van der Waals surface area contributed by atoms with Gasteiger partial charge >= 0.3 is 0 Å². The lowest BCUT2D eigenvalue weighted by Crippen LogP contribution is -2.07. The van der Waals surface area contributed by atoms with Crippen LogP contribution in [0.4, 0.5) is 0 Å². The predicted molar refractivity (Wildman–Crippen MR) is 60.7 cm³/mol. The van der Waals surface area contributed by atoms with Gasteiger partial charge in [0.1, 0.15) is 5.75 Å². The summed E-state index contributed by atoms with van der Waals surface area (Å²) in [5.41, 5.74) is 0.534. The zero-order chi connectivity index (χ0) is 12.0. The van der Waals surface area contributed by atoms with E-state index < -0.39 is 0 Å². The van der Waals surface area contributed by atoms with Crippen molar-refractivity contribution in [1.82, 2.24) is 4.98 Å². The van der Waals surface area contributed by atoms with Gasteiger partial charge in [-0.3, -0.25) is 9.78 Å². The fourth-order valence-corrected chi connectivity index (χ4v) is 1.29. The molecular weight excluding hydrogens is 206 g/mol. The van der Waals surface area contributed by atoms with E-state index in [1.807, 2.05) is 13.8 Å². The van der Waals surface area contributed by atoms with Crippen LogP contribution in [0.15, 0.2) is 18.5 Å². The zero-order valence-corrected chi connectivity index (χ0v) is 9.64. The molecule has 0 aliphatic rings. The van der Waals surface area contributed by atoms with E-state index in [0.717, 1.165) is 0 Å². The molecule has 4 heteroatoms. The van der Waals surface area contributed by atoms with E-state index in [9.17, 15) is 4.79 Å². The number of aliphatic hydroxyl groups excluding tert-OH is 1. The summed E-state index contributed by atoms with van der Waals surface area (Å²) >= 11 is 0. The minimum Gasteiger partial charge on any atom is -0.489 e. The fraction of sp³-hybridized carbons (Fsp3) is 0.500. The van der Waals surface area contributed by atoms with Gasteiger partial charge in [-0.25, -0.2) is 0 Å². The monoisotopic (exact) mass is 223 g/mol. The number of rotatable bonds is 6. The Morgan fingerprint density at radius 2 is 2.25 bits per heavy atom. The molecule has 1 heterocycles. The Balaban J connectivity index is 2.69. The van der Waals surface area contributed by atoms with Gasteiger partial charge in [0.25, 0.3) is 0 Å². The van der Waals surface area contributed by atoms with Crippen LogP contribution in [0, 0.1) is 0 Å². The van der Waals surface area contributed by atoms with Crippen molar-refractivity contribution in [2.24, 2.45) is 0 Å². The molecule has 0 saturated carbocycles. The predicted octanol–water partition coefficient (Wildman–Crippen LogP) is 1.82. The third kappa shape index (κ3) is 3.98. The number of aromatic nitrogens is 1. The molecule has 0 aromatic carbocycles. The highest BCUT2D eigenvalue weighted by molar-refractivity contribution is 5.96. The first-order valence-corrected chi connectivity index (χ1v) is 5.39. The summed E-state index contributed by atoms with van der Waals surface area (Å²) in [6.07, 6.45) is 3.98. The summed E-state index contributed by atoms with van der Waals surface area (Å²) in [5.74, 6) is 0.584. The van der Waals surface area contributed by atoms with Crippen LogP contribution >= 0.6 is 0 Å². The van der Waals surface area contributed by atoms with E-state index in [0.29, 0.717) is 24.2 Å². The van der Waals surface area contributed by atoms with E-state index >= 15 is 0 Å². The van der Waals surface area contributed by atoms with Crippen molar-refractivity contribution in [3.05, 3.63) is 24.0 Å². The molecule has 0 aliphatic heterocycles. The van der Waals surface area contributed by atoms with Gasteiger partial charge in [0.05, 0.1) is 12.3 Å². The zero-order valence-electron chi connectivity index (χ0n) is 9.64. The van der Waals surface area contributed by atoms with Crippen molar-refractivity contribution in [3.63, 3.8) is 0 Å². The molecule has 0 saturated heterocycles. The molecule has 1 N–H and O–H groups in total. The molecule has 0 fully saturated rings. The molecule has 1 aromatic heterocycles. The minimum atomic E-state index is -0.0178. The first-order valence-electron chi connectivity index (χ1n) is 5.39. The Hall–Kier alpha value is -1.42. The molecule has 0 bridgehead atoms. The van der Waals surface area contributed by atoms with Gasteiger partial charge in [-0.1, -0.05) is 0 Å². The highest BCUT2D eigenvalue weighted by Gasteiger charge is 2.07. The maximum atomic E-state index is 11.6. The van der Waals surface area contributed by atoms with E-state index in [1.54, 1.807) is 12.3 Å². The molecular formula is C12H17NO3. The van der Waals surface area contributed by atoms with Crippen LogP contribution in [-0.4, -0.2) is 28.6 Å². The van der Waals surface area contributed by atoms with Crippen molar-refractivity contribution in [2.45, 2.75) is 32.8 Å². The summed E-state index contributed by atoms with van der Waals surface area (Å²) < 4.78 is 5.45.